The minimum atomic E-state index is -0.0795. The summed E-state index contributed by atoms with van der Waals surface area (Å²) in [5.41, 5.74) is 2.24. The average Bonchev–Trinajstić information content (AvgIpc) is 2.50. The second kappa shape index (κ2) is 6.11. The molecule has 3 nitrogen and oxygen atoms in total. The van der Waals surface area contributed by atoms with Crippen molar-refractivity contribution in [2.24, 2.45) is 0 Å². The van der Waals surface area contributed by atoms with E-state index in [-0.39, 0.29) is 12.5 Å². The predicted octanol–water partition coefficient (Wildman–Crippen LogP) is 2.98. The zero-order valence-corrected chi connectivity index (χ0v) is 11.8. The van der Waals surface area contributed by atoms with E-state index >= 15 is 0 Å². The highest BCUT2D eigenvalue weighted by molar-refractivity contribution is 7.99. The number of fused-ring (bicyclic) bond motifs is 2. The highest BCUT2D eigenvalue weighted by Gasteiger charge is 2.11. The molecule has 102 valence electrons. The molecule has 1 amide bonds. The van der Waals surface area contributed by atoms with Gasteiger partial charge in [0.1, 0.15) is 6.61 Å². The third-order valence-electron chi connectivity index (χ3n) is 3.13. The molecule has 0 unspecified atom stereocenters. The molecule has 0 spiro atoms. The molecular formula is C16H15NO2S. The summed E-state index contributed by atoms with van der Waals surface area (Å²) in [5, 5.41) is 2.89. The number of amides is 1. The summed E-state index contributed by atoms with van der Waals surface area (Å²) in [5.74, 6) is -0.0795. The van der Waals surface area contributed by atoms with Crippen LogP contribution in [-0.4, -0.2) is 12.5 Å². The lowest BCUT2D eigenvalue weighted by Crippen LogP contribution is -2.27. The monoisotopic (exact) mass is 285 g/mol. The Morgan fingerprint density at radius 2 is 1.55 bits per heavy atom. The van der Waals surface area contributed by atoms with Gasteiger partial charge in [0.15, 0.2) is 0 Å². The predicted molar refractivity (Wildman–Crippen MR) is 78.5 cm³/mol. The van der Waals surface area contributed by atoms with Crippen LogP contribution in [0.5, 0.6) is 0 Å². The van der Waals surface area contributed by atoms with E-state index in [0.29, 0.717) is 13.2 Å². The van der Waals surface area contributed by atoms with Crippen molar-refractivity contribution in [3.8, 4) is 0 Å². The number of hydrogen-bond donors (Lipinski definition) is 1. The van der Waals surface area contributed by atoms with Crippen LogP contribution in [0, 0.1) is 0 Å². The number of carbonyl (C=O) groups is 1. The van der Waals surface area contributed by atoms with Crippen molar-refractivity contribution in [3.63, 3.8) is 0 Å². The topological polar surface area (TPSA) is 38.3 Å². The highest BCUT2D eigenvalue weighted by atomic mass is 32.2. The van der Waals surface area contributed by atoms with Gasteiger partial charge in [-0.05, 0) is 23.3 Å². The lowest BCUT2D eigenvalue weighted by atomic mass is 10.2. The Labute approximate surface area is 122 Å². The zero-order chi connectivity index (χ0) is 13.8. The van der Waals surface area contributed by atoms with E-state index in [4.69, 9.17) is 4.74 Å². The van der Waals surface area contributed by atoms with Gasteiger partial charge in [0.25, 0.3) is 0 Å². The molecule has 2 aromatic carbocycles. The molecule has 0 radical (unpaired) electrons. The summed E-state index contributed by atoms with van der Waals surface area (Å²) in [6.45, 7) is 1.09. The smallest absolute Gasteiger partial charge is 0.246 e. The van der Waals surface area contributed by atoms with E-state index in [2.05, 4.69) is 17.4 Å². The normalized spacial score (nSPS) is 15.5. The lowest BCUT2D eigenvalue weighted by Gasteiger charge is -2.10. The molecule has 1 aliphatic rings. The van der Waals surface area contributed by atoms with E-state index in [1.165, 1.54) is 9.79 Å². The fraction of sp³-hybridized carbons (Fsp3) is 0.188. The third-order valence-corrected chi connectivity index (χ3v) is 4.37. The molecule has 0 aliphatic carbocycles. The Hall–Kier alpha value is -1.78. The van der Waals surface area contributed by atoms with Gasteiger partial charge in [-0.3, -0.25) is 4.79 Å². The van der Waals surface area contributed by atoms with Crippen LogP contribution in [0.4, 0.5) is 0 Å². The van der Waals surface area contributed by atoms with Crippen molar-refractivity contribution in [2.45, 2.75) is 22.9 Å². The Kier molecular flexibility index (Phi) is 4.04. The van der Waals surface area contributed by atoms with E-state index in [0.717, 1.165) is 11.1 Å². The summed E-state index contributed by atoms with van der Waals surface area (Å²) in [4.78, 5) is 14.0. The van der Waals surface area contributed by atoms with Gasteiger partial charge in [-0.15, -0.1) is 0 Å². The van der Waals surface area contributed by atoms with Crippen LogP contribution < -0.4 is 5.32 Å². The summed E-state index contributed by atoms with van der Waals surface area (Å²) in [7, 11) is 0. The molecule has 3 rings (SSSR count). The number of benzene rings is 2. The minimum Gasteiger partial charge on any atom is -0.367 e. The fourth-order valence-corrected chi connectivity index (χ4v) is 3.15. The van der Waals surface area contributed by atoms with Gasteiger partial charge in [0.2, 0.25) is 5.91 Å². The molecule has 0 aromatic heterocycles. The first kappa shape index (κ1) is 13.2. The molecule has 0 atom stereocenters. The first-order valence-electron chi connectivity index (χ1n) is 6.51. The first-order chi connectivity index (χ1) is 9.83. The summed E-state index contributed by atoms with van der Waals surface area (Å²) >= 11 is 1.72. The van der Waals surface area contributed by atoms with Gasteiger partial charge < -0.3 is 10.1 Å². The first-order valence-corrected chi connectivity index (χ1v) is 7.33. The zero-order valence-electron chi connectivity index (χ0n) is 11.0. The van der Waals surface area contributed by atoms with Gasteiger partial charge in [-0.25, -0.2) is 0 Å². The van der Waals surface area contributed by atoms with Crippen LogP contribution in [0.25, 0.3) is 0 Å². The molecule has 4 heteroatoms. The Balaban J connectivity index is 1.99. The second-order valence-corrected chi connectivity index (χ2v) is 5.67. The standard InChI is InChI=1S/C16H15NO2S/c18-16-11-19-10-13-6-2-4-8-15(13)20-14-7-3-1-5-12(14)9-17-16/h1-8H,9-11H2,(H,17,18). The van der Waals surface area contributed by atoms with E-state index < -0.39 is 0 Å². The van der Waals surface area contributed by atoms with Crippen LogP contribution in [0.1, 0.15) is 11.1 Å². The number of ether oxygens (including phenoxy) is 1. The summed E-state index contributed by atoms with van der Waals surface area (Å²) in [6, 6.07) is 16.3. The van der Waals surface area contributed by atoms with Crippen molar-refractivity contribution < 1.29 is 9.53 Å². The maximum Gasteiger partial charge on any atom is 0.246 e. The number of rotatable bonds is 0. The molecule has 0 fully saturated rings. The van der Waals surface area contributed by atoms with Crippen molar-refractivity contribution in [3.05, 3.63) is 59.7 Å². The fourth-order valence-electron chi connectivity index (χ4n) is 2.09. The van der Waals surface area contributed by atoms with Gasteiger partial charge in [-0.1, -0.05) is 48.2 Å². The maximum atomic E-state index is 11.7. The molecule has 1 aliphatic heterocycles. The van der Waals surface area contributed by atoms with E-state index in [1.807, 2.05) is 36.4 Å². The average molecular weight is 285 g/mol. The van der Waals surface area contributed by atoms with Crippen LogP contribution in [0.2, 0.25) is 0 Å². The molecule has 0 saturated carbocycles. The molecule has 20 heavy (non-hydrogen) atoms. The second-order valence-electron chi connectivity index (χ2n) is 4.59. The van der Waals surface area contributed by atoms with Gasteiger partial charge in [0.05, 0.1) is 6.61 Å². The molecule has 2 aromatic rings. The van der Waals surface area contributed by atoms with Crippen LogP contribution in [0.15, 0.2) is 58.3 Å². The summed E-state index contributed by atoms with van der Waals surface area (Å²) in [6.07, 6.45) is 0. The molecular weight excluding hydrogens is 270 g/mol. The molecule has 1 heterocycles. The minimum absolute atomic E-state index is 0.0795. The maximum absolute atomic E-state index is 11.7. The van der Waals surface area contributed by atoms with Gasteiger partial charge >= 0.3 is 0 Å². The third kappa shape index (κ3) is 3.03. The molecule has 1 N–H and O–H groups in total. The molecule has 0 saturated heterocycles. The van der Waals surface area contributed by atoms with E-state index in [9.17, 15) is 4.79 Å². The Bertz CT molecular complexity index is 627. The van der Waals surface area contributed by atoms with Crippen LogP contribution in [-0.2, 0) is 22.7 Å². The van der Waals surface area contributed by atoms with Crippen molar-refractivity contribution in [2.75, 3.05) is 6.61 Å². The highest BCUT2D eigenvalue weighted by Crippen LogP contribution is 2.33. The Morgan fingerprint density at radius 1 is 0.900 bits per heavy atom. The van der Waals surface area contributed by atoms with Crippen LogP contribution in [0.3, 0.4) is 0 Å². The summed E-state index contributed by atoms with van der Waals surface area (Å²) < 4.78 is 5.48. The van der Waals surface area contributed by atoms with Gasteiger partial charge in [0, 0.05) is 16.3 Å². The van der Waals surface area contributed by atoms with Crippen molar-refractivity contribution in [1.29, 1.82) is 0 Å². The quantitative estimate of drug-likeness (QED) is 0.808. The Morgan fingerprint density at radius 3 is 2.35 bits per heavy atom. The lowest BCUT2D eigenvalue weighted by molar-refractivity contribution is -0.126. The number of hydrogen-bond acceptors (Lipinski definition) is 3. The van der Waals surface area contributed by atoms with Crippen molar-refractivity contribution in [1.82, 2.24) is 5.32 Å². The van der Waals surface area contributed by atoms with Crippen molar-refractivity contribution >= 4 is 17.7 Å². The molecule has 0 bridgehead atoms. The van der Waals surface area contributed by atoms with Crippen LogP contribution >= 0.6 is 11.8 Å². The number of carbonyl (C=O) groups excluding carboxylic acids is 1. The largest absolute Gasteiger partial charge is 0.367 e. The van der Waals surface area contributed by atoms with Gasteiger partial charge in [-0.2, -0.15) is 0 Å². The van der Waals surface area contributed by atoms with E-state index in [1.54, 1.807) is 11.8 Å². The SMILES string of the molecule is O=C1COCc2ccccc2Sc2ccccc2CN1. The number of nitrogens with one attached hydrogen (secondary N) is 1.